The van der Waals surface area contributed by atoms with Gasteiger partial charge < -0.3 is 15.1 Å². The smallest absolute Gasteiger partial charge is 0.256 e. The van der Waals surface area contributed by atoms with Crippen molar-refractivity contribution in [2.45, 2.75) is 57.4 Å². The monoisotopic (exact) mass is 430 g/mol. The minimum absolute atomic E-state index is 0.00145. The molecule has 3 heterocycles. The SMILES string of the molecule is Cc1cc2cnc(N[C@H]3CC[C@@H](CN(C)C)CC3)nc2c(N2CCC3(C2)CC3(F)F)n1. The van der Waals surface area contributed by atoms with Gasteiger partial charge in [-0.3, -0.25) is 0 Å². The number of nitrogens with one attached hydrogen (secondary N) is 1. The van der Waals surface area contributed by atoms with Gasteiger partial charge in [0, 0.05) is 49.4 Å². The van der Waals surface area contributed by atoms with E-state index in [1.54, 1.807) is 0 Å². The van der Waals surface area contributed by atoms with Crippen LogP contribution in [0.1, 0.15) is 44.2 Å². The molecular formula is C23H32F2N6. The molecule has 2 aliphatic carbocycles. The zero-order valence-electron chi connectivity index (χ0n) is 18.7. The van der Waals surface area contributed by atoms with Gasteiger partial charge >= 0.3 is 0 Å². The summed E-state index contributed by atoms with van der Waals surface area (Å²) in [6, 6.07) is 2.34. The molecular weight excluding hydrogens is 398 g/mol. The van der Waals surface area contributed by atoms with Crippen molar-refractivity contribution in [2.24, 2.45) is 11.3 Å². The maximum Gasteiger partial charge on any atom is 0.256 e. The normalized spacial score (nSPS) is 29.8. The van der Waals surface area contributed by atoms with Gasteiger partial charge in [0.1, 0.15) is 5.52 Å². The molecule has 8 heteroatoms. The van der Waals surface area contributed by atoms with E-state index in [0.29, 0.717) is 31.5 Å². The molecule has 0 aromatic carbocycles. The molecule has 1 spiro atoms. The number of aromatic nitrogens is 3. The van der Waals surface area contributed by atoms with Crippen molar-refractivity contribution in [1.82, 2.24) is 19.9 Å². The Morgan fingerprint density at radius 2 is 1.94 bits per heavy atom. The summed E-state index contributed by atoms with van der Waals surface area (Å²) in [4.78, 5) is 18.3. The molecule has 5 rings (SSSR count). The third kappa shape index (κ3) is 3.95. The van der Waals surface area contributed by atoms with E-state index in [-0.39, 0.29) is 6.42 Å². The first-order chi connectivity index (χ1) is 14.7. The molecule has 2 saturated carbocycles. The molecule has 0 radical (unpaired) electrons. The van der Waals surface area contributed by atoms with Crippen molar-refractivity contribution in [1.29, 1.82) is 0 Å². The maximum absolute atomic E-state index is 13.9. The number of halogens is 2. The summed E-state index contributed by atoms with van der Waals surface area (Å²) < 4.78 is 27.8. The summed E-state index contributed by atoms with van der Waals surface area (Å²) >= 11 is 0. The summed E-state index contributed by atoms with van der Waals surface area (Å²) in [5.41, 5.74) is 0.754. The van der Waals surface area contributed by atoms with Crippen LogP contribution in [0, 0.1) is 18.3 Å². The van der Waals surface area contributed by atoms with E-state index in [0.717, 1.165) is 47.7 Å². The van der Waals surface area contributed by atoms with Crippen molar-refractivity contribution in [3.05, 3.63) is 18.0 Å². The summed E-state index contributed by atoms with van der Waals surface area (Å²) in [6.07, 6.45) is 6.99. The van der Waals surface area contributed by atoms with Crippen LogP contribution in [0.3, 0.4) is 0 Å². The summed E-state index contributed by atoms with van der Waals surface area (Å²) in [7, 11) is 4.26. The molecule has 1 N–H and O–H groups in total. The summed E-state index contributed by atoms with van der Waals surface area (Å²) in [5, 5.41) is 4.43. The molecule has 1 saturated heterocycles. The zero-order chi connectivity index (χ0) is 21.8. The molecule has 2 aromatic rings. The number of rotatable bonds is 5. The van der Waals surface area contributed by atoms with E-state index in [1.807, 2.05) is 24.1 Å². The Morgan fingerprint density at radius 1 is 1.19 bits per heavy atom. The fourth-order valence-corrected chi connectivity index (χ4v) is 5.51. The fraction of sp³-hybridized carbons (Fsp3) is 0.696. The van der Waals surface area contributed by atoms with E-state index >= 15 is 0 Å². The highest BCUT2D eigenvalue weighted by Crippen LogP contribution is 2.65. The average Bonchev–Trinajstić information content (AvgIpc) is 3.03. The van der Waals surface area contributed by atoms with Gasteiger partial charge in [-0.15, -0.1) is 0 Å². The van der Waals surface area contributed by atoms with Gasteiger partial charge in [0.2, 0.25) is 5.95 Å². The number of fused-ring (bicyclic) bond motifs is 1. The van der Waals surface area contributed by atoms with E-state index in [1.165, 1.54) is 12.8 Å². The predicted molar refractivity (Wildman–Crippen MR) is 119 cm³/mol. The van der Waals surface area contributed by atoms with E-state index in [4.69, 9.17) is 9.97 Å². The van der Waals surface area contributed by atoms with Gasteiger partial charge in [-0.05, 0) is 65.1 Å². The number of hydrogen-bond acceptors (Lipinski definition) is 6. The van der Waals surface area contributed by atoms with Crippen LogP contribution in [-0.2, 0) is 0 Å². The molecule has 1 aliphatic heterocycles. The summed E-state index contributed by atoms with van der Waals surface area (Å²) in [5.74, 6) is -0.447. The van der Waals surface area contributed by atoms with Gasteiger partial charge in [-0.25, -0.2) is 23.7 Å². The van der Waals surface area contributed by atoms with Crippen LogP contribution in [0.25, 0.3) is 10.9 Å². The number of hydrogen-bond donors (Lipinski definition) is 1. The Labute approximate surface area is 182 Å². The Morgan fingerprint density at radius 3 is 2.58 bits per heavy atom. The highest BCUT2D eigenvalue weighted by Gasteiger charge is 2.72. The number of anilines is 2. The second-order valence-electron chi connectivity index (χ2n) is 10.2. The van der Waals surface area contributed by atoms with Crippen LogP contribution in [0.2, 0.25) is 0 Å². The first kappa shape index (κ1) is 20.8. The minimum atomic E-state index is -2.53. The first-order valence-corrected chi connectivity index (χ1v) is 11.4. The van der Waals surface area contributed by atoms with Crippen LogP contribution in [0.15, 0.2) is 12.3 Å². The lowest BCUT2D eigenvalue weighted by Crippen LogP contribution is -2.31. The van der Waals surface area contributed by atoms with Gasteiger partial charge in [-0.1, -0.05) is 0 Å². The molecule has 1 unspecified atom stereocenters. The molecule has 0 amide bonds. The van der Waals surface area contributed by atoms with Crippen molar-refractivity contribution in [3.8, 4) is 0 Å². The molecule has 3 aliphatic rings. The fourth-order valence-electron chi connectivity index (χ4n) is 5.51. The van der Waals surface area contributed by atoms with Crippen LogP contribution in [0.4, 0.5) is 20.5 Å². The Balaban J connectivity index is 1.34. The Bertz CT molecular complexity index is 972. The van der Waals surface area contributed by atoms with Crippen molar-refractivity contribution in [3.63, 3.8) is 0 Å². The molecule has 1 atom stereocenters. The Hall–Kier alpha value is -2.09. The number of aryl methyl sites for hydroxylation is 1. The Kier molecular flexibility index (Phi) is 5.03. The predicted octanol–water partition coefficient (Wildman–Crippen LogP) is 4.10. The molecule has 3 fully saturated rings. The molecule has 0 bridgehead atoms. The lowest BCUT2D eigenvalue weighted by Gasteiger charge is -2.30. The van der Waals surface area contributed by atoms with E-state index in [2.05, 4.69) is 29.3 Å². The second kappa shape index (κ2) is 7.50. The van der Waals surface area contributed by atoms with Gasteiger partial charge in [0.05, 0.1) is 5.41 Å². The van der Waals surface area contributed by atoms with Gasteiger partial charge in [-0.2, -0.15) is 0 Å². The maximum atomic E-state index is 13.9. The topological polar surface area (TPSA) is 57.2 Å². The van der Waals surface area contributed by atoms with E-state index < -0.39 is 11.3 Å². The molecule has 2 aromatic heterocycles. The van der Waals surface area contributed by atoms with Crippen LogP contribution >= 0.6 is 0 Å². The largest absolute Gasteiger partial charge is 0.354 e. The number of alkyl halides is 2. The minimum Gasteiger partial charge on any atom is -0.354 e. The molecule has 6 nitrogen and oxygen atoms in total. The average molecular weight is 431 g/mol. The molecule has 31 heavy (non-hydrogen) atoms. The second-order valence-corrected chi connectivity index (χ2v) is 10.2. The van der Waals surface area contributed by atoms with Crippen LogP contribution in [-0.4, -0.2) is 65.5 Å². The van der Waals surface area contributed by atoms with Crippen molar-refractivity contribution < 1.29 is 8.78 Å². The summed E-state index contributed by atoms with van der Waals surface area (Å²) in [6.45, 7) is 4.03. The van der Waals surface area contributed by atoms with Gasteiger partial charge in [0.25, 0.3) is 5.92 Å². The lowest BCUT2D eigenvalue weighted by atomic mass is 9.86. The van der Waals surface area contributed by atoms with Gasteiger partial charge in [0.15, 0.2) is 5.82 Å². The molecule has 168 valence electrons. The first-order valence-electron chi connectivity index (χ1n) is 11.4. The standard InChI is InChI=1S/C23H32F2N6/c1-15-10-17-11-26-21(28-18-6-4-16(5-7-18)12-30(2)3)29-19(17)20(27-15)31-9-8-22(14-31)13-23(22,24)25/h10-11,16,18H,4-9,12-14H2,1-3H3,(H,26,28,29)/t16-,18+,22?. The van der Waals surface area contributed by atoms with Crippen molar-refractivity contribution >= 4 is 22.7 Å². The van der Waals surface area contributed by atoms with Crippen molar-refractivity contribution in [2.75, 3.05) is 43.9 Å². The number of nitrogens with zero attached hydrogens (tertiary/aromatic N) is 5. The number of pyridine rings is 1. The zero-order valence-corrected chi connectivity index (χ0v) is 18.7. The third-order valence-corrected chi connectivity index (χ3v) is 7.34. The van der Waals surface area contributed by atoms with E-state index in [9.17, 15) is 8.78 Å². The van der Waals surface area contributed by atoms with Crippen LogP contribution < -0.4 is 10.2 Å². The highest BCUT2D eigenvalue weighted by atomic mass is 19.3. The van der Waals surface area contributed by atoms with Crippen LogP contribution in [0.5, 0.6) is 0 Å². The third-order valence-electron chi connectivity index (χ3n) is 7.34. The lowest BCUT2D eigenvalue weighted by molar-refractivity contribution is 0.0711. The highest BCUT2D eigenvalue weighted by molar-refractivity contribution is 5.89. The quantitative estimate of drug-likeness (QED) is 0.771.